The first-order valence-electron chi connectivity index (χ1n) is 4.53. The average molecular weight is 216 g/mol. The lowest BCUT2D eigenvalue weighted by molar-refractivity contribution is 0.513. The Morgan fingerprint density at radius 2 is 2.00 bits per heavy atom. The quantitative estimate of drug-likeness (QED) is 0.806. The van der Waals surface area contributed by atoms with Crippen LogP contribution in [0.3, 0.4) is 0 Å². The van der Waals surface area contributed by atoms with E-state index in [0.717, 1.165) is 11.1 Å². The van der Waals surface area contributed by atoms with Gasteiger partial charge in [0, 0.05) is 5.54 Å². The summed E-state index contributed by atoms with van der Waals surface area (Å²) in [4.78, 5) is 0. The first kappa shape index (κ1) is 11.5. The summed E-state index contributed by atoms with van der Waals surface area (Å²) in [5, 5.41) is 0.168. The SMILES string of the molecule is Cc1cc(Cl)c(F)cc1CC(C)(C)N. The summed E-state index contributed by atoms with van der Waals surface area (Å²) >= 11 is 5.65. The van der Waals surface area contributed by atoms with Gasteiger partial charge in [0.05, 0.1) is 5.02 Å². The maximum Gasteiger partial charge on any atom is 0.142 e. The van der Waals surface area contributed by atoms with Crippen LogP contribution in [0.2, 0.25) is 5.02 Å². The van der Waals surface area contributed by atoms with Gasteiger partial charge in [0.2, 0.25) is 0 Å². The first-order chi connectivity index (χ1) is 6.29. The molecule has 3 heteroatoms. The normalized spacial score (nSPS) is 11.9. The minimum absolute atomic E-state index is 0.168. The Hall–Kier alpha value is -0.600. The Bertz CT molecular complexity index is 342. The largest absolute Gasteiger partial charge is 0.325 e. The van der Waals surface area contributed by atoms with Crippen LogP contribution in [0.25, 0.3) is 0 Å². The van der Waals surface area contributed by atoms with Crippen LogP contribution in [0.1, 0.15) is 25.0 Å². The molecule has 0 atom stereocenters. The van der Waals surface area contributed by atoms with Crippen LogP contribution < -0.4 is 5.73 Å². The Kier molecular flexibility index (Phi) is 3.17. The Balaban J connectivity index is 3.04. The van der Waals surface area contributed by atoms with Gasteiger partial charge in [-0.2, -0.15) is 0 Å². The van der Waals surface area contributed by atoms with E-state index in [0.29, 0.717) is 6.42 Å². The predicted octanol–water partition coefficient (Wildman–Crippen LogP) is 3.07. The summed E-state index contributed by atoms with van der Waals surface area (Å²) in [6, 6.07) is 3.10. The topological polar surface area (TPSA) is 26.0 Å². The maximum atomic E-state index is 13.2. The van der Waals surface area contributed by atoms with Crippen molar-refractivity contribution in [1.29, 1.82) is 0 Å². The number of rotatable bonds is 2. The van der Waals surface area contributed by atoms with Gasteiger partial charge in [-0.15, -0.1) is 0 Å². The Morgan fingerprint density at radius 3 is 2.50 bits per heavy atom. The van der Waals surface area contributed by atoms with Crippen LogP contribution in [-0.2, 0) is 6.42 Å². The summed E-state index contributed by atoms with van der Waals surface area (Å²) in [6.07, 6.45) is 0.646. The van der Waals surface area contributed by atoms with Crippen LogP contribution in [0.15, 0.2) is 12.1 Å². The Labute approximate surface area is 89.1 Å². The molecule has 1 aromatic carbocycles. The fourth-order valence-corrected chi connectivity index (χ4v) is 1.59. The van der Waals surface area contributed by atoms with Gasteiger partial charge in [0.15, 0.2) is 0 Å². The van der Waals surface area contributed by atoms with Crippen molar-refractivity contribution in [3.63, 3.8) is 0 Å². The fourth-order valence-electron chi connectivity index (χ4n) is 1.37. The third-order valence-corrected chi connectivity index (χ3v) is 2.31. The highest BCUT2D eigenvalue weighted by Crippen LogP contribution is 2.22. The summed E-state index contributed by atoms with van der Waals surface area (Å²) in [5.41, 5.74) is 7.44. The van der Waals surface area contributed by atoms with Crippen LogP contribution in [0, 0.1) is 12.7 Å². The zero-order valence-corrected chi connectivity index (χ0v) is 9.45. The highest BCUT2D eigenvalue weighted by atomic mass is 35.5. The van der Waals surface area contributed by atoms with E-state index >= 15 is 0 Å². The van der Waals surface area contributed by atoms with E-state index < -0.39 is 0 Å². The fraction of sp³-hybridized carbons (Fsp3) is 0.455. The summed E-state index contributed by atoms with van der Waals surface area (Å²) in [5.74, 6) is -0.378. The van der Waals surface area contributed by atoms with Crippen molar-refractivity contribution in [2.75, 3.05) is 0 Å². The molecule has 0 spiro atoms. The molecular weight excluding hydrogens is 201 g/mol. The van der Waals surface area contributed by atoms with Crippen LogP contribution >= 0.6 is 11.6 Å². The highest BCUT2D eigenvalue weighted by Gasteiger charge is 2.14. The van der Waals surface area contributed by atoms with Crippen molar-refractivity contribution in [1.82, 2.24) is 0 Å². The van der Waals surface area contributed by atoms with Crippen molar-refractivity contribution in [2.24, 2.45) is 5.73 Å². The third kappa shape index (κ3) is 2.96. The molecule has 2 N–H and O–H groups in total. The Morgan fingerprint density at radius 1 is 1.43 bits per heavy atom. The van der Waals surface area contributed by atoms with E-state index in [4.69, 9.17) is 17.3 Å². The highest BCUT2D eigenvalue weighted by molar-refractivity contribution is 6.30. The minimum atomic E-state index is -0.378. The van der Waals surface area contributed by atoms with Crippen LogP contribution in [0.5, 0.6) is 0 Å². The average Bonchev–Trinajstić information content (AvgIpc) is 1.97. The van der Waals surface area contributed by atoms with E-state index in [1.807, 2.05) is 20.8 Å². The number of benzene rings is 1. The van der Waals surface area contributed by atoms with E-state index in [-0.39, 0.29) is 16.4 Å². The number of hydrogen-bond donors (Lipinski definition) is 1. The first-order valence-corrected chi connectivity index (χ1v) is 4.91. The molecule has 0 aromatic heterocycles. The second-order valence-electron chi connectivity index (χ2n) is 4.36. The molecule has 14 heavy (non-hydrogen) atoms. The number of nitrogens with two attached hydrogens (primary N) is 1. The molecule has 0 fully saturated rings. The smallest absolute Gasteiger partial charge is 0.142 e. The molecule has 1 nitrogen and oxygen atoms in total. The van der Waals surface area contributed by atoms with Gasteiger partial charge in [-0.1, -0.05) is 11.6 Å². The number of hydrogen-bond acceptors (Lipinski definition) is 1. The summed E-state index contributed by atoms with van der Waals surface area (Å²) < 4.78 is 13.2. The lowest BCUT2D eigenvalue weighted by Gasteiger charge is -2.20. The summed E-state index contributed by atoms with van der Waals surface area (Å²) in [7, 11) is 0. The van der Waals surface area contributed by atoms with Crippen LogP contribution in [0.4, 0.5) is 4.39 Å². The predicted molar refractivity (Wildman–Crippen MR) is 58.1 cm³/mol. The molecule has 0 radical (unpaired) electrons. The maximum absolute atomic E-state index is 13.2. The van der Waals surface area contributed by atoms with Gasteiger partial charge in [0.1, 0.15) is 5.82 Å². The molecule has 0 unspecified atom stereocenters. The van der Waals surface area contributed by atoms with Crippen LogP contribution in [-0.4, -0.2) is 5.54 Å². The second-order valence-corrected chi connectivity index (χ2v) is 4.77. The van der Waals surface area contributed by atoms with Crippen molar-refractivity contribution in [2.45, 2.75) is 32.7 Å². The lowest BCUT2D eigenvalue weighted by atomic mass is 9.93. The minimum Gasteiger partial charge on any atom is -0.325 e. The molecule has 0 saturated carbocycles. The van der Waals surface area contributed by atoms with E-state index in [2.05, 4.69) is 0 Å². The van der Waals surface area contributed by atoms with Crippen molar-refractivity contribution in [3.8, 4) is 0 Å². The number of aryl methyl sites for hydroxylation is 1. The van der Waals surface area contributed by atoms with E-state index in [1.165, 1.54) is 6.07 Å². The molecule has 0 heterocycles. The molecule has 0 aliphatic heterocycles. The van der Waals surface area contributed by atoms with Crippen molar-refractivity contribution < 1.29 is 4.39 Å². The molecule has 0 aliphatic rings. The third-order valence-electron chi connectivity index (χ3n) is 2.02. The standard InChI is InChI=1S/C11H15ClFN/c1-7-4-9(12)10(13)5-8(7)6-11(2,3)14/h4-5H,6,14H2,1-3H3. The molecule has 0 amide bonds. The monoisotopic (exact) mass is 215 g/mol. The van der Waals surface area contributed by atoms with Gasteiger partial charge in [-0.3, -0.25) is 0 Å². The van der Waals surface area contributed by atoms with Gasteiger partial charge < -0.3 is 5.73 Å². The summed E-state index contributed by atoms with van der Waals surface area (Å²) in [6.45, 7) is 5.74. The van der Waals surface area contributed by atoms with Crippen molar-refractivity contribution >= 4 is 11.6 Å². The molecule has 1 rings (SSSR count). The zero-order chi connectivity index (χ0) is 10.9. The lowest BCUT2D eigenvalue weighted by Crippen LogP contribution is -2.34. The van der Waals surface area contributed by atoms with E-state index in [1.54, 1.807) is 6.07 Å². The van der Waals surface area contributed by atoms with Gasteiger partial charge in [-0.05, 0) is 50.5 Å². The molecule has 0 aliphatic carbocycles. The van der Waals surface area contributed by atoms with E-state index in [9.17, 15) is 4.39 Å². The zero-order valence-electron chi connectivity index (χ0n) is 8.70. The molecule has 78 valence electrons. The van der Waals surface area contributed by atoms with Gasteiger partial charge in [-0.25, -0.2) is 4.39 Å². The molecular formula is C11H15ClFN. The second kappa shape index (κ2) is 3.87. The molecule has 0 bridgehead atoms. The van der Waals surface area contributed by atoms with Crippen molar-refractivity contribution in [3.05, 3.63) is 34.1 Å². The molecule has 0 saturated heterocycles. The van der Waals surface area contributed by atoms with Gasteiger partial charge >= 0.3 is 0 Å². The molecule has 1 aromatic rings. The number of halogens is 2. The van der Waals surface area contributed by atoms with Gasteiger partial charge in [0.25, 0.3) is 0 Å².